The van der Waals surface area contributed by atoms with Crippen LogP contribution in [0.25, 0.3) is 0 Å². The van der Waals surface area contributed by atoms with E-state index >= 15 is 0 Å². The summed E-state index contributed by atoms with van der Waals surface area (Å²) in [5.74, 6) is 1.39. The van der Waals surface area contributed by atoms with E-state index in [4.69, 9.17) is 0 Å². The molecule has 3 aromatic rings. The minimum Gasteiger partial charge on any atom is -0.293 e. The molecule has 1 unspecified atom stereocenters. The molecule has 1 N–H and O–H groups in total. The van der Waals surface area contributed by atoms with Crippen molar-refractivity contribution in [2.24, 2.45) is 0 Å². The average molecular weight is 333 g/mol. The Balaban J connectivity index is 1.51. The fourth-order valence-corrected chi connectivity index (χ4v) is 3.27. The van der Waals surface area contributed by atoms with Crippen molar-refractivity contribution in [1.29, 1.82) is 0 Å². The Bertz CT molecular complexity index is 860. The van der Waals surface area contributed by atoms with Crippen LogP contribution < -0.4 is 5.32 Å². The normalized spacial score (nSPS) is 16.2. The lowest BCUT2D eigenvalue weighted by atomic mass is 9.92. The number of benzene rings is 1. The van der Waals surface area contributed by atoms with Crippen molar-refractivity contribution < 1.29 is 4.79 Å². The highest BCUT2D eigenvalue weighted by Gasteiger charge is 2.26. The number of nitrogens with zero attached hydrogens (tertiary/aromatic N) is 4. The molecule has 0 saturated heterocycles. The van der Waals surface area contributed by atoms with Crippen molar-refractivity contribution in [1.82, 2.24) is 19.7 Å². The molecule has 1 aromatic carbocycles. The topological polar surface area (TPSA) is 72.7 Å². The van der Waals surface area contributed by atoms with E-state index in [0.29, 0.717) is 12.4 Å². The maximum atomic E-state index is 12.2. The highest BCUT2D eigenvalue weighted by molar-refractivity contribution is 5.90. The summed E-state index contributed by atoms with van der Waals surface area (Å²) in [6.45, 7) is 0.832. The summed E-state index contributed by atoms with van der Waals surface area (Å²) in [6, 6.07) is 13.7. The number of carbonyl (C=O) groups is 1. The Hall–Kier alpha value is -3.02. The maximum absolute atomic E-state index is 12.2. The van der Waals surface area contributed by atoms with Gasteiger partial charge in [-0.3, -0.25) is 15.1 Å². The van der Waals surface area contributed by atoms with Gasteiger partial charge in [-0.2, -0.15) is 4.98 Å². The molecule has 1 aliphatic heterocycles. The number of hydrogen-bond donors (Lipinski definition) is 1. The lowest BCUT2D eigenvalue weighted by Crippen LogP contribution is -2.18. The summed E-state index contributed by atoms with van der Waals surface area (Å²) in [5, 5.41) is 7.29. The first-order chi connectivity index (χ1) is 12.3. The second kappa shape index (κ2) is 6.84. The van der Waals surface area contributed by atoms with E-state index in [2.05, 4.69) is 20.4 Å². The van der Waals surface area contributed by atoms with Crippen LogP contribution in [0.2, 0.25) is 0 Å². The van der Waals surface area contributed by atoms with Crippen LogP contribution in [0.4, 0.5) is 5.95 Å². The predicted molar refractivity (Wildman–Crippen MR) is 94.1 cm³/mol. The molecule has 1 amide bonds. The lowest BCUT2D eigenvalue weighted by Gasteiger charge is -2.21. The molecule has 1 aliphatic rings. The Morgan fingerprint density at radius 1 is 1.16 bits per heavy atom. The van der Waals surface area contributed by atoms with Gasteiger partial charge in [-0.25, -0.2) is 4.68 Å². The summed E-state index contributed by atoms with van der Waals surface area (Å²) in [7, 11) is 0. The van der Waals surface area contributed by atoms with E-state index in [9.17, 15) is 4.79 Å². The number of fused-ring (bicyclic) bond motifs is 1. The Kier molecular flexibility index (Phi) is 4.24. The van der Waals surface area contributed by atoms with Crippen molar-refractivity contribution >= 4 is 11.9 Å². The molecule has 0 fully saturated rings. The van der Waals surface area contributed by atoms with Crippen LogP contribution in [-0.4, -0.2) is 25.7 Å². The first kappa shape index (κ1) is 15.5. The molecule has 126 valence electrons. The van der Waals surface area contributed by atoms with Crippen LogP contribution in [0.3, 0.4) is 0 Å². The van der Waals surface area contributed by atoms with Gasteiger partial charge in [0, 0.05) is 24.9 Å². The number of aryl methyl sites for hydroxylation is 1. The van der Waals surface area contributed by atoms with E-state index in [1.54, 1.807) is 12.4 Å². The van der Waals surface area contributed by atoms with Crippen molar-refractivity contribution in [3.63, 3.8) is 0 Å². The predicted octanol–water partition coefficient (Wildman–Crippen LogP) is 2.78. The minimum absolute atomic E-state index is 0.102. The van der Waals surface area contributed by atoms with E-state index in [1.807, 2.05) is 47.1 Å². The molecule has 3 heterocycles. The molecule has 0 radical (unpaired) electrons. The SMILES string of the molecule is O=C(Cc1ccccc1)Nc1nc2n(n1)CCCC2c1ccncc1. The van der Waals surface area contributed by atoms with E-state index < -0.39 is 0 Å². The van der Waals surface area contributed by atoms with E-state index in [0.717, 1.165) is 30.8 Å². The summed E-state index contributed by atoms with van der Waals surface area (Å²) >= 11 is 0. The molecule has 0 spiro atoms. The fraction of sp³-hybridized carbons (Fsp3) is 0.263. The second-order valence-corrected chi connectivity index (χ2v) is 6.20. The van der Waals surface area contributed by atoms with Gasteiger partial charge in [0.1, 0.15) is 5.82 Å². The molecule has 0 saturated carbocycles. The molecule has 6 heteroatoms. The first-order valence-corrected chi connectivity index (χ1v) is 8.48. The molecule has 0 bridgehead atoms. The fourth-order valence-electron chi connectivity index (χ4n) is 3.27. The zero-order valence-electron chi connectivity index (χ0n) is 13.8. The lowest BCUT2D eigenvalue weighted by molar-refractivity contribution is -0.115. The van der Waals surface area contributed by atoms with Gasteiger partial charge >= 0.3 is 0 Å². The van der Waals surface area contributed by atoms with Crippen LogP contribution in [-0.2, 0) is 17.8 Å². The number of hydrogen-bond acceptors (Lipinski definition) is 4. The highest BCUT2D eigenvalue weighted by atomic mass is 16.1. The van der Waals surface area contributed by atoms with Gasteiger partial charge in [-0.1, -0.05) is 30.3 Å². The molecule has 0 aliphatic carbocycles. The van der Waals surface area contributed by atoms with Gasteiger partial charge < -0.3 is 0 Å². The third-order valence-corrected chi connectivity index (χ3v) is 4.44. The van der Waals surface area contributed by atoms with Crippen LogP contribution >= 0.6 is 0 Å². The molecule has 1 atom stereocenters. The number of nitrogens with one attached hydrogen (secondary N) is 1. The summed E-state index contributed by atoms with van der Waals surface area (Å²) in [6.07, 6.45) is 5.99. The summed E-state index contributed by atoms with van der Waals surface area (Å²) < 4.78 is 1.91. The van der Waals surface area contributed by atoms with Gasteiger partial charge in [-0.15, -0.1) is 5.10 Å². The number of amides is 1. The number of pyridine rings is 1. The van der Waals surface area contributed by atoms with Gasteiger partial charge in [0.2, 0.25) is 11.9 Å². The van der Waals surface area contributed by atoms with Crippen LogP contribution in [0, 0.1) is 0 Å². The standard InChI is InChI=1S/C19H19N5O/c25-17(13-14-5-2-1-3-6-14)21-19-22-18-16(7-4-12-24(18)23-19)15-8-10-20-11-9-15/h1-3,5-6,8-11,16H,4,7,12-13H2,(H,21,23,25). The van der Waals surface area contributed by atoms with Gasteiger partial charge in [0.15, 0.2) is 0 Å². The third kappa shape index (κ3) is 3.42. The first-order valence-electron chi connectivity index (χ1n) is 8.48. The Labute approximate surface area is 145 Å². The molecule has 2 aromatic heterocycles. The number of anilines is 1. The average Bonchev–Trinajstić information content (AvgIpc) is 3.05. The zero-order chi connectivity index (χ0) is 17.1. The van der Waals surface area contributed by atoms with Crippen molar-refractivity contribution in [3.05, 3.63) is 71.8 Å². The largest absolute Gasteiger partial charge is 0.293 e. The van der Waals surface area contributed by atoms with E-state index in [1.165, 1.54) is 5.56 Å². The Morgan fingerprint density at radius 3 is 2.76 bits per heavy atom. The minimum atomic E-state index is -0.102. The van der Waals surface area contributed by atoms with Gasteiger partial charge in [0.25, 0.3) is 0 Å². The summed E-state index contributed by atoms with van der Waals surface area (Å²) in [4.78, 5) is 20.9. The monoisotopic (exact) mass is 333 g/mol. The van der Waals surface area contributed by atoms with Crippen LogP contribution in [0.5, 0.6) is 0 Å². The zero-order valence-corrected chi connectivity index (χ0v) is 13.8. The van der Waals surface area contributed by atoms with Gasteiger partial charge in [-0.05, 0) is 36.1 Å². The van der Waals surface area contributed by atoms with Crippen molar-refractivity contribution in [2.75, 3.05) is 5.32 Å². The van der Waals surface area contributed by atoms with Gasteiger partial charge in [0.05, 0.1) is 6.42 Å². The van der Waals surface area contributed by atoms with Crippen molar-refractivity contribution in [3.8, 4) is 0 Å². The van der Waals surface area contributed by atoms with Crippen LogP contribution in [0.1, 0.15) is 35.7 Å². The second-order valence-electron chi connectivity index (χ2n) is 6.20. The quantitative estimate of drug-likeness (QED) is 0.797. The molecule has 4 rings (SSSR count). The molecular weight excluding hydrogens is 314 g/mol. The van der Waals surface area contributed by atoms with Crippen LogP contribution in [0.15, 0.2) is 54.9 Å². The highest BCUT2D eigenvalue weighted by Crippen LogP contribution is 2.32. The van der Waals surface area contributed by atoms with Crippen molar-refractivity contribution in [2.45, 2.75) is 31.7 Å². The molecule has 25 heavy (non-hydrogen) atoms. The number of rotatable bonds is 4. The maximum Gasteiger partial charge on any atom is 0.249 e. The third-order valence-electron chi connectivity index (χ3n) is 4.44. The molecule has 6 nitrogen and oxygen atoms in total. The summed E-state index contributed by atoms with van der Waals surface area (Å²) in [5.41, 5.74) is 2.16. The Morgan fingerprint density at radius 2 is 1.96 bits per heavy atom. The number of carbonyl (C=O) groups excluding carboxylic acids is 1. The number of aromatic nitrogens is 4. The molecular formula is C19H19N5O. The van der Waals surface area contributed by atoms with E-state index in [-0.39, 0.29) is 11.8 Å². The smallest absolute Gasteiger partial charge is 0.249 e.